The van der Waals surface area contributed by atoms with Gasteiger partial charge in [-0.3, -0.25) is 9.59 Å². The molecule has 0 aromatic heterocycles. The van der Waals surface area contributed by atoms with Crippen LogP contribution in [0.25, 0.3) is 0 Å². The Morgan fingerprint density at radius 3 is 2.29 bits per heavy atom. The molecule has 2 amide bonds. The van der Waals surface area contributed by atoms with Gasteiger partial charge in [-0.25, -0.2) is 0 Å². The molecule has 0 saturated carbocycles. The number of hydrogen-bond acceptors (Lipinski definition) is 3. The molecule has 0 spiro atoms. The van der Waals surface area contributed by atoms with E-state index in [0.29, 0.717) is 24.4 Å². The monoisotopic (exact) mass is 416 g/mol. The number of carbonyl (C=O) groups is 2. The van der Waals surface area contributed by atoms with Crippen LogP contribution in [0.5, 0.6) is 5.75 Å². The van der Waals surface area contributed by atoms with E-state index in [4.69, 9.17) is 4.74 Å². The van der Waals surface area contributed by atoms with Crippen molar-refractivity contribution in [1.82, 2.24) is 0 Å². The Hall–Kier alpha value is -3.60. The fourth-order valence-corrected chi connectivity index (χ4v) is 3.39. The van der Waals surface area contributed by atoms with Crippen molar-refractivity contribution in [3.63, 3.8) is 0 Å². The van der Waals surface area contributed by atoms with Gasteiger partial charge in [0.2, 0.25) is 5.91 Å². The highest BCUT2D eigenvalue weighted by atomic mass is 16.5. The summed E-state index contributed by atoms with van der Waals surface area (Å²) >= 11 is 0. The zero-order valence-electron chi connectivity index (χ0n) is 18.2. The highest BCUT2D eigenvalue weighted by Gasteiger charge is 2.14. The molecule has 0 aliphatic carbocycles. The molecule has 0 heterocycles. The number of carbonyl (C=O) groups excluding carboxylic acids is 2. The minimum atomic E-state index is -0.231. The summed E-state index contributed by atoms with van der Waals surface area (Å²) in [5, 5.41) is 2.82. The second-order valence-electron chi connectivity index (χ2n) is 7.45. The molecule has 1 N–H and O–H groups in total. The van der Waals surface area contributed by atoms with E-state index >= 15 is 0 Å². The number of aryl methyl sites for hydroxylation is 2. The summed E-state index contributed by atoms with van der Waals surface area (Å²) in [4.78, 5) is 26.7. The maximum Gasteiger partial charge on any atom is 0.262 e. The largest absolute Gasteiger partial charge is 0.483 e. The number of nitrogens with one attached hydrogen (secondary N) is 1. The van der Waals surface area contributed by atoms with Crippen molar-refractivity contribution in [3.8, 4) is 5.75 Å². The van der Waals surface area contributed by atoms with Crippen molar-refractivity contribution in [3.05, 3.63) is 89.5 Å². The lowest BCUT2D eigenvalue weighted by atomic mass is 10.1. The number of likely N-dealkylation sites (N-methyl/N-ethyl adjacent to an activating group) is 1. The van der Waals surface area contributed by atoms with Gasteiger partial charge in [0.1, 0.15) is 5.75 Å². The number of anilines is 2. The van der Waals surface area contributed by atoms with Crippen molar-refractivity contribution in [2.24, 2.45) is 0 Å². The second-order valence-corrected chi connectivity index (χ2v) is 7.45. The number of benzene rings is 3. The summed E-state index contributed by atoms with van der Waals surface area (Å²) in [7, 11) is 0. The average molecular weight is 417 g/mol. The third-order valence-corrected chi connectivity index (χ3v) is 4.97. The highest BCUT2D eigenvalue weighted by molar-refractivity contribution is 5.95. The lowest BCUT2D eigenvalue weighted by Crippen LogP contribution is -2.31. The number of amides is 2. The fraction of sp³-hybridized carbons (Fsp3) is 0.231. The van der Waals surface area contributed by atoms with E-state index in [-0.39, 0.29) is 18.4 Å². The predicted molar refractivity (Wildman–Crippen MR) is 125 cm³/mol. The topological polar surface area (TPSA) is 58.6 Å². The van der Waals surface area contributed by atoms with Crippen LogP contribution in [0.1, 0.15) is 23.6 Å². The second kappa shape index (κ2) is 10.4. The molecule has 3 rings (SSSR count). The van der Waals surface area contributed by atoms with Gasteiger partial charge in [-0.1, -0.05) is 48.0 Å². The van der Waals surface area contributed by atoms with Gasteiger partial charge in [-0.2, -0.15) is 0 Å². The van der Waals surface area contributed by atoms with Crippen molar-refractivity contribution in [2.45, 2.75) is 27.2 Å². The third-order valence-electron chi connectivity index (χ3n) is 4.97. The van der Waals surface area contributed by atoms with Crippen LogP contribution in [0, 0.1) is 13.8 Å². The van der Waals surface area contributed by atoms with Crippen molar-refractivity contribution in [1.29, 1.82) is 0 Å². The van der Waals surface area contributed by atoms with Gasteiger partial charge in [0, 0.05) is 17.9 Å². The van der Waals surface area contributed by atoms with E-state index in [1.807, 2.05) is 81.4 Å². The van der Waals surface area contributed by atoms with Crippen LogP contribution in [-0.4, -0.2) is 25.0 Å². The molecular formula is C26H28N2O3. The molecule has 0 fully saturated rings. The number of nitrogens with zero attached hydrogens (tertiary/aromatic N) is 1. The summed E-state index contributed by atoms with van der Waals surface area (Å²) in [5.74, 6) is 0.505. The van der Waals surface area contributed by atoms with E-state index in [1.54, 1.807) is 17.0 Å². The first kappa shape index (κ1) is 22.1. The van der Waals surface area contributed by atoms with Crippen LogP contribution in [0.3, 0.4) is 0 Å². The van der Waals surface area contributed by atoms with Gasteiger partial charge in [0.25, 0.3) is 5.91 Å². The van der Waals surface area contributed by atoms with Gasteiger partial charge in [0.15, 0.2) is 6.61 Å². The summed E-state index contributed by atoms with van der Waals surface area (Å²) in [5.41, 5.74) is 4.60. The zero-order valence-corrected chi connectivity index (χ0v) is 18.2. The molecule has 0 radical (unpaired) electrons. The quantitative estimate of drug-likeness (QED) is 0.567. The molecule has 0 bridgehead atoms. The maximum atomic E-state index is 12.7. The van der Waals surface area contributed by atoms with E-state index in [2.05, 4.69) is 5.32 Å². The van der Waals surface area contributed by atoms with Crippen LogP contribution in [-0.2, 0) is 16.0 Å². The first-order valence-electron chi connectivity index (χ1n) is 10.4. The van der Waals surface area contributed by atoms with Gasteiger partial charge in [0.05, 0.1) is 6.42 Å². The minimum absolute atomic E-state index is 0.0346. The first-order valence-corrected chi connectivity index (χ1v) is 10.4. The van der Waals surface area contributed by atoms with Crippen molar-refractivity contribution in [2.75, 3.05) is 23.4 Å². The number of rotatable bonds is 8. The maximum absolute atomic E-state index is 12.7. The SMILES string of the molecule is CCN(C(=O)Cc1ccc(NC(=O)COc2ccc(C)cc2C)cc1)c1ccccc1. The third kappa shape index (κ3) is 6.19. The van der Waals surface area contributed by atoms with Gasteiger partial charge < -0.3 is 15.0 Å². The van der Waals surface area contributed by atoms with E-state index < -0.39 is 0 Å². The Kier molecular flexibility index (Phi) is 7.44. The molecule has 0 unspecified atom stereocenters. The van der Waals surface area contributed by atoms with Crippen LogP contribution in [0.15, 0.2) is 72.8 Å². The molecule has 0 aliphatic rings. The summed E-state index contributed by atoms with van der Waals surface area (Å²) in [6.45, 7) is 6.48. The van der Waals surface area contributed by atoms with E-state index in [0.717, 1.165) is 22.4 Å². The summed E-state index contributed by atoms with van der Waals surface area (Å²) in [6, 6.07) is 22.8. The Bertz CT molecular complexity index is 1030. The molecule has 0 saturated heterocycles. The predicted octanol–water partition coefficient (Wildman–Crippen LogP) is 4.92. The lowest BCUT2D eigenvalue weighted by molar-refractivity contribution is -0.118. The van der Waals surface area contributed by atoms with Crippen LogP contribution in [0.2, 0.25) is 0 Å². The van der Waals surface area contributed by atoms with Crippen molar-refractivity contribution >= 4 is 23.2 Å². The molecule has 5 nitrogen and oxygen atoms in total. The molecule has 0 aliphatic heterocycles. The standard InChI is InChI=1S/C26H28N2O3/c1-4-28(23-8-6-5-7-9-23)26(30)17-21-11-13-22(14-12-21)27-25(29)18-31-24-15-10-19(2)16-20(24)3/h5-16H,4,17-18H2,1-3H3,(H,27,29). The van der Waals surface area contributed by atoms with Crippen molar-refractivity contribution < 1.29 is 14.3 Å². The normalized spacial score (nSPS) is 10.4. The van der Waals surface area contributed by atoms with E-state index in [1.165, 1.54) is 0 Å². The highest BCUT2D eigenvalue weighted by Crippen LogP contribution is 2.19. The lowest BCUT2D eigenvalue weighted by Gasteiger charge is -2.21. The molecule has 3 aromatic rings. The number of para-hydroxylation sites is 1. The molecule has 5 heteroatoms. The smallest absolute Gasteiger partial charge is 0.262 e. The van der Waals surface area contributed by atoms with E-state index in [9.17, 15) is 9.59 Å². The Morgan fingerprint density at radius 1 is 0.935 bits per heavy atom. The summed E-state index contributed by atoms with van der Waals surface area (Å²) < 4.78 is 5.62. The molecule has 31 heavy (non-hydrogen) atoms. The Balaban J connectivity index is 1.53. The molecule has 160 valence electrons. The van der Waals surface area contributed by atoms with Gasteiger partial charge in [-0.15, -0.1) is 0 Å². The first-order chi connectivity index (χ1) is 15.0. The number of ether oxygens (including phenoxy) is 1. The Labute approximate surface area is 183 Å². The summed E-state index contributed by atoms with van der Waals surface area (Å²) in [6.07, 6.45) is 0.298. The molecule has 0 atom stereocenters. The Morgan fingerprint density at radius 2 is 1.65 bits per heavy atom. The zero-order chi connectivity index (χ0) is 22.2. The van der Waals surface area contributed by atoms with Gasteiger partial charge >= 0.3 is 0 Å². The average Bonchev–Trinajstić information content (AvgIpc) is 2.76. The van der Waals surface area contributed by atoms with Crippen LogP contribution in [0.4, 0.5) is 11.4 Å². The fourth-order valence-electron chi connectivity index (χ4n) is 3.39. The number of hydrogen-bond donors (Lipinski definition) is 1. The van der Waals surface area contributed by atoms with Crippen LogP contribution < -0.4 is 15.0 Å². The molecular weight excluding hydrogens is 388 g/mol. The molecule has 3 aromatic carbocycles. The minimum Gasteiger partial charge on any atom is -0.483 e. The van der Waals surface area contributed by atoms with Gasteiger partial charge in [-0.05, 0) is 62.2 Å². The van der Waals surface area contributed by atoms with Crippen LogP contribution >= 0.6 is 0 Å².